The molecule has 4 heteroatoms. The molecule has 2 N–H and O–H groups in total. The summed E-state index contributed by atoms with van der Waals surface area (Å²) in [5.41, 5.74) is -0.0296. The van der Waals surface area contributed by atoms with Gasteiger partial charge in [0.2, 0.25) is 0 Å². The molecule has 2 rings (SSSR count). The summed E-state index contributed by atoms with van der Waals surface area (Å²) < 4.78 is 10.8. The number of rotatable bonds is 4. The largest absolute Gasteiger partial charge is 0.492 e. The van der Waals surface area contributed by atoms with Crippen LogP contribution in [0.1, 0.15) is 12.5 Å². The first kappa shape index (κ1) is 11.2. The third-order valence-electron chi connectivity index (χ3n) is 2.82. The lowest BCUT2D eigenvalue weighted by Crippen LogP contribution is -2.56. The van der Waals surface area contributed by atoms with Crippen LogP contribution in [0.25, 0.3) is 0 Å². The van der Waals surface area contributed by atoms with Crippen molar-refractivity contribution in [3.8, 4) is 11.5 Å². The van der Waals surface area contributed by atoms with Crippen LogP contribution in [0.5, 0.6) is 11.5 Å². The number of aliphatic hydroxyl groups is 1. The van der Waals surface area contributed by atoms with E-state index in [0.29, 0.717) is 31.2 Å². The van der Waals surface area contributed by atoms with Gasteiger partial charge in [0, 0.05) is 18.7 Å². The quantitative estimate of drug-likeness (QED) is 0.795. The Balaban J connectivity index is 2.40. The molecule has 0 saturated carbocycles. The molecule has 0 atom stereocenters. The summed E-state index contributed by atoms with van der Waals surface area (Å²) in [7, 11) is 1.59. The van der Waals surface area contributed by atoms with Gasteiger partial charge < -0.3 is 19.9 Å². The van der Waals surface area contributed by atoms with Crippen molar-refractivity contribution in [1.82, 2.24) is 5.32 Å². The number of ether oxygens (including phenoxy) is 2. The SMILES string of the molecule is CCOc1cccc(C2(O)CNC2)c1OC. The van der Waals surface area contributed by atoms with Crippen molar-refractivity contribution in [2.75, 3.05) is 26.8 Å². The Morgan fingerprint density at radius 3 is 2.69 bits per heavy atom. The zero-order valence-corrected chi connectivity index (χ0v) is 9.62. The van der Waals surface area contributed by atoms with Crippen molar-refractivity contribution >= 4 is 0 Å². The summed E-state index contributed by atoms with van der Waals surface area (Å²) in [5.74, 6) is 1.32. The molecular weight excluding hydrogens is 206 g/mol. The lowest BCUT2D eigenvalue weighted by molar-refractivity contribution is -0.0167. The summed E-state index contributed by atoms with van der Waals surface area (Å²) in [5, 5.41) is 13.3. The van der Waals surface area contributed by atoms with Crippen molar-refractivity contribution < 1.29 is 14.6 Å². The average molecular weight is 223 g/mol. The van der Waals surface area contributed by atoms with Crippen LogP contribution in [0.15, 0.2) is 18.2 Å². The Morgan fingerprint density at radius 1 is 1.44 bits per heavy atom. The maximum Gasteiger partial charge on any atom is 0.166 e. The molecule has 1 aromatic carbocycles. The molecule has 1 saturated heterocycles. The molecule has 0 spiro atoms. The molecule has 16 heavy (non-hydrogen) atoms. The minimum absolute atomic E-state index is 0.555. The van der Waals surface area contributed by atoms with Crippen molar-refractivity contribution in [3.05, 3.63) is 23.8 Å². The van der Waals surface area contributed by atoms with Crippen LogP contribution < -0.4 is 14.8 Å². The second-order valence-electron chi connectivity index (χ2n) is 3.91. The number of β-amino-alcohol motifs (C(OH)–C–C–N with tert-alkyl or cyclic N) is 1. The lowest BCUT2D eigenvalue weighted by Gasteiger charge is -2.38. The first-order valence-corrected chi connectivity index (χ1v) is 5.44. The fourth-order valence-corrected chi connectivity index (χ4v) is 1.91. The van der Waals surface area contributed by atoms with Crippen LogP contribution in [0.2, 0.25) is 0 Å². The van der Waals surface area contributed by atoms with E-state index in [9.17, 15) is 5.11 Å². The maximum atomic E-state index is 10.3. The van der Waals surface area contributed by atoms with Crippen molar-refractivity contribution in [2.45, 2.75) is 12.5 Å². The number of methoxy groups -OCH3 is 1. The van der Waals surface area contributed by atoms with Crippen molar-refractivity contribution in [1.29, 1.82) is 0 Å². The van der Waals surface area contributed by atoms with Gasteiger partial charge in [-0.15, -0.1) is 0 Å². The highest BCUT2D eigenvalue weighted by molar-refractivity contribution is 5.50. The molecule has 1 heterocycles. The topological polar surface area (TPSA) is 50.7 Å². The number of para-hydroxylation sites is 1. The highest BCUT2D eigenvalue weighted by Crippen LogP contribution is 2.39. The zero-order chi connectivity index (χ0) is 11.6. The Morgan fingerprint density at radius 2 is 2.19 bits per heavy atom. The fourth-order valence-electron chi connectivity index (χ4n) is 1.91. The second-order valence-corrected chi connectivity index (χ2v) is 3.91. The van der Waals surface area contributed by atoms with Gasteiger partial charge in [-0.3, -0.25) is 0 Å². The van der Waals surface area contributed by atoms with E-state index in [4.69, 9.17) is 9.47 Å². The van der Waals surface area contributed by atoms with Gasteiger partial charge in [-0.2, -0.15) is 0 Å². The molecular formula is C12H17NO3. The number of hydrogen-bond acceptors (Lipinski definition) is 4. The molecule has 0 aliphatic carbocycles. The first-order chi connectivity index (χ1) is 7.71. The predicted octanol–water partition coefficient (Wildman–Crippen LogP) is 0.885. The molecule has 1 aromatic rings. The van der Waals surface area contributed by atoms with E-state index in [-0.39, 0.29) is 0 Å². The van der Waals surface area contributed by atoms with E-state index in [1.54, 1.807) is 7.11 Å². The maximum absolute atomic E-state index is 10.3. The van der Waals surface area contributed by atoms with Crippen LogP contribution in [0.3, 0.4) is 0 Å². The summed E-state index contributed by atoms with van der Waals surface area (Å²) in [6.07, 6.45) is 0. The van der Waals surface area contributed by atoms with Gasteiger partial charge >= 0.3 is 0 Å². The molecule has 0 bridgehead atoms. The first-order valence-electron chi connectivity index (χ1n) is 5.44. The molecule has 1 fully saturated rings. The van der Waals surface area contributed by atoms with Crippen LogP contribution in [0, 0.1) is 0 Å². The minimum Gasteiger partial charge on any atom is -0.492 e. The summed E-state index contributed by atoms with van der Waals surface area (Å²) >= 11 is 0. The van der Waals surface area contributed by atoms with Gasteiger partial charge in [0.05, 0.1) is 13.7 Å². The summed E-state index contributed by atoms with van der Waals surface area (Å²) in [6, 6.07) is 5.60. The van der Waals surface area contributed by atoms with Gasteiger partial charge in [-0.25, -0.2) is 0 Å². The van der Waals surface area contributed by atoms with E-state index in [1.165, 1.54) is 0 Å². The molecule has 1 aliphatic heterocycles. The third-order valence-corrected chi connectivity index (χ3v) is 2.82. The highest BCUT2D eigenvalue weighted by atomic mass is 16.5. The molecule has 0 amide bonds. The molecule has 1 aliphatic rings. The van der Waals surface area contributed by atoms with Crippen LogP contribution >= 0.6 is 0 Å². The van der Waals surface area contributed by atoms with Gasteiger partial charge in [-0.05, 0) is 13.0 Å². The zero-order valence-electron chi connectivity index (χ0n) is 9.62. The standard InChI is InChI=1S/C12H17NO3/c1-3-16-10-6-4-5-9(11(10)15-2)12(14)7-13-8-12/h4-6,13-14H,3,7-8H2,1-2H3. The highest BCUT2D eigenvalue weighted by Gasteiger charge is 2.39. The van der Waals surface area contributed by atoms with Gasteiger partial charge in [0.1, 0.15) is 5.60 Å². The van der Waals surface area contributed by atoms with Gasteiger partial charge in [0.25, 0.3) is 0 Å². The molecule has 88 valence electrons. The molecule has 4 nitrogen and oxygen atoms in total. The Hall–Kier alpha value is -1.26. The molecule has 0 unspecified atom stereocenters. The summed E-state index contributed by atoms with van der Waals surface area (Å²) in [6.45, 7) is 3.61. The number of benzene rings is 1. The van der Waals surface area contributed by atoms with Crippen molar-refractivity contribution in [3.63, 3.8) is 0 Å². The van der Waals surface area contributed by atoms with Gasteiger partial charge in [0.15, 0.2) is 11.5 Å². The fraction of sp³-hybridized carbons (Fsp3) is 0.500. The smallest absolute Gasteiger partial charge is 0.166 e. The van der Waals surface area contributed by atoms with Crippen molar-refractivity contribution in [2.24, 2.45) is 0 Å². The Kier molecular flexibility index (Phi) is 3.03. The number of nitrogens with one attached hydrogen (secondary N) is 1. The average Bonchev–Trinajstić information content (AvgIpc) is 2.26. The lowest BCUT2D eigenvalue weighted by atomic mass is 9.87. The second kappa shape index (κ2) is 4.31. The van der Waals surface area contributed by atoms with E-state index in [1.807, 2.05) is 25.1 Å². The normalized spacial score (nSPS) is 17.7. The van der Waals surface area contributed by atoms with E-state index in [0.717, 1.165) is 5.56 Å². The van der Waals surface area contributed by atoms with Crippen LogP contribution in [-0.4, -0.2) is 31.9 Å². The minimum atomic E-state index is -0.821. The van der Waals surface area contributed by atoms with E-state index < -0.39 is 5.60 Å². The monoisotopic (exact) mass is 223 g/mol. The summed E-state index contributed by atoms with van der Waals surface area (Å²) in [4.78, 5) is 0. The molecule has 0 radical (unpaired) electrons. The third kappa shape index (κ3) is 1.74. The predicted molar refractivity (Wildman–Crippen MR) is 60.9 cm³/mol. The van der Waals surface area contributed by atoms with Crippen LogP contribution in [-0.2, 0) is 5.60 Å². The Labute approximate surface area is 95.2 Å². The van der Waals surface area contributed by atoms with E-state index >= 15 is 0 Å². The van der Waals surface area contributed by atoms with Gasteiger partial charge in [-0.1, -0.05) is 12.1 Å². The number of hydrogen-bond donors (Lipinski definition) is 2. The molecule has 0 aromatic heterocycles. The Bertz CT molecular complexity index is 375. The van der Waals surface area contributed by atoms with Crippen LogP contribution in [0.4, 0.5) is 0 Å². The van der Waals surface area contributed by atoms with E-state index in [2.05, 4.69) is 5.32 Å².